The second-order valence-electron chi connectivity index (χ2n) is 5.56. The minimum Gasteiger partial charge on any atom is -0.489 e. The molecule has 0 spiro atoms. The third-order valence-electron chi connectivity index (χ3n) is 3.70. The Hall–Kier alpha value is -1.61. The molecule has 0 bridgehead atoms. The summed E-state index contributed by atoms with van der Waals surface area (Å²) in [5.41, 5.74) is 2.21. The van der Waals surface area contributed by atoms with Crippen LogP contribution in [-0.2, 0) is 13.0 Å². The van der Waals surface area contributed by atoms with E-state index in [9.17, 15) is 0 Å². The van der Waals surface area contributed by atoms with E-state index < -0.39 is 0 Å². The predicted molar refractivity (Wildman–Crippen MR) is 121 cm³/mol. The zero-order chi connectivity index (χ0) is 18.1. The molecule has 0 radical (unpaired) electrons. The van der Waals surface area contributed by atoms with Crippen LogP contribution < -0.4 is 15.4 Å². The number of halogens is 1. The fourth-order valence-corrected chi connectivity index (χ4v) is 3.21. The van der Waals surface area contributed by atoms with Crippen LogP contribution in [0, 0.1) is 13.8 Å². The number of hydrogen-bond acceptors (Lipinski definition) is 4. The van der Waals surface area contributed by atoms with Crippen molar-refractivity contribution in [2.75, 3.05) is 20.2 Å². The number of nitrogens with one attached hydrogen (secondary N) is 2. The van der Waals surface area contributed by atoms with Gasteiger partial charge in [-0.25, -0.2) is 4.98 Å². The molecule has 0 aliphatic heterocycles. The molecule has 0 fully saturated rings. The first kappa shape index (κ1) is 22.4. The average molecular weight is 486 g/mol. The molecule has 26 heavy (non-hydrogen) atoms. The van der Waals surface area contributed by atoms with Crippen LogP contribution in [0.5, 0.6) is 5.75 Å². The highest BCUT2D eigenvalue weighted by Gasteiger charge is 2.06. The van der Waals surface area contributed by atoms with E-state index in [1.165, 1.54) is 4.88 Å². The Bertz CT molecular complexity index is 711. The van der Waals surface area contributed by atoms with Crippen molar-refractivity contribution < 1.29 is 4.74 Å². The molecule has 0 saturated heterocycles. The SMILES string of the molecule is C=CCOc1ccccc1CNC(=NC)NCCc1nc(C)c(C)s1.I. The number of hydrogen-bond donors (Lipinski definition) is 2. The summed E-state index contributed by atoms with van der Waals surface area (Å²) in [7, 11) is 1.77. The van der Waals surface area contributed by atoms with Gasteiger partial charge in [-0.15, -0.1) is 35.3 Å². The number of rotatable bonds is 8. The van der Waals surface area contributed by atoms with Crippen LogP contribution in [-0.4, -0.2) is 31.1 Å². The maximum atomic E-state index is 5.68. The quantitative estimate of drug-likeness (QED) is 0.258. The fourth-order valence-electron chi connectivity index (χ4n) is 2.27. The van der Waals surface area contributed by atoms with Crippen LogP contribution in [0.15, 0.2) is 41.9 Å². The van der Waals surface area contributed by atoms with Crippen molar-refractivity contribution in [2.45, 2.75) is 26.8 Å². The summed E-state index contributed by atoms with van der Waals surface area (Å²) in [6.07, 6.45) is 2.63. The first-order chi connectivity index (χ1) is 12.1. The van der Waals surface area contributed by atoms with E-state index in [1.54, 1.807) is 24.5 Å². The topological polar surface area (TPSA) is 58.5 Å². The number of aryl methyl sites for hydroxylation is 2. The molecule has 0 aliphatic rings. The van der Waals surface area contributed by atoms with Crippen molar-refractivity contribution in [3.8, 4) is 5.75 Å². The molecule has 5 nitrogen and oxygen atoms in total. The normalized spacial score (nSPS) is 10.8. The fraction of sp³-hybridized carbons (Fsp3) is 0.368. The van der Waals surface area contributed by atoms with Gasteiger partial charge in [-0.05, 0) is 19.9 Å². The number of nitrogens with zero attached hydrogens (tertiary/aromatic N) is 2. The lowest BCUT2D eigenvalue weighted by Gasteiger charge is -2.14. The van der Waals surface area contributed by atoms with Gasteiger partial charge in [-0.1, -0.05) is 30.9 Å². The van der Waals surface area contributed by atoms with Crippen LogP contribution in [0.25, 0.3) is 0 Å². The van der Waals surface area contributed by atoms with Crippen molar-refractivity contribution in [1.29, 1.82) is 0 Å². The molecule has 7 heteroatoms. The summed E-state index contributed by atoms with van der Waals surface area (Å²) in [4.78, 5) is 10.1. The summed E-state index contributed by atoms with van der Waals surface area (Å²) < 4.78 is 5.68. The number of aromatic nitrogens is 1. The summed E-state index contributed by atoms with van der Waals surface area (Å²) in [6, 6.07) is 7.97. The minimum absolute atomic E-state index is 0. The minimum atomic E-state index is 0. The summed E-state index contributed by atoms with van der Waals surface area (Å²) in [6.45, 7) is 9.77. The molecule has 0 unspecified atom stereocenters. The maximum Gasteiger partial charge on any atom is 0.191 e. The van der Waals surface area contributed by atoms with E-state index in [1.807, 2.05) is 24.3 Å². The number of para-hydroxylation sites is 1. The zero-order valence-corrected chi connectivity index (χ0v) is 18.7. The van der Waals surface area contributed by atoms with Gasteiger partial charge >= 0.3 is 0 Å². The molecule has 142 valence electrons. The van der Waals surface area contributed by atoms with Crippen molar-refractivity contribution in [1.82, 2.24) is 15.6 Å². The molecule has 1 heterocycles. The second kappa shape index (κ2) is 11.9. The molecule has 0 saturated carbocycles. The average Bonchev–Trinajstić information content (AvgIpc) is 2.94. The monoisotopic (exact) mass is 486 g/mol. The molecular formula is C19H27IN4OS. The zero-order valence-electron chi connectivity index (χ0n) is 15.5. The molecule has 1 aromatic heterocycles. The van der Waals surface area contributed by atoms with Crippen LogP contribution >= 0.6 is 35.3 Å². The molecule has 0 atom stereocenters. The van der Waals surface area contributed by atoms with E-state index in [0.29, 0.717) is 13.2 Å². The van der Waals surface area contributed by atoms with E-state index in [0.717, 1.165) is 40.9 Å². The Morgan fingerprint density at radius 2 is 2.08 bits per heavy atom. The van der Waals surface area contributed by atoms with Gasteiger partial charge in [-0.3, -0.25) is 4.99 Å². The smallest absolute Gasteiger partial charge is 0.191 e. The summed E-state index contributed by atoms with van der Waals surface area (Å²) >= 11 is 1.76. The van der Waals surface area contributed by atoms with Gasteiger partial charge in [-0.2, -0.15) is 0 Å². The molecule has 2 aromatic rings. The highest BCUT2D eigenvalue weighted by molar-refractivity contribution is 14.0. The largest absolute Gasteiger partial charge is 0.489 e. The number of ether oxygens (including phenoxy) is 1. The molecule has 0 aliphatic carbocycles. The number of aliphatic imine (C=N–C) groups is 1. The number of guanidine groups is 1. The Labute approximate surface area is 177 Å². The van der Waals surface area contributed by atoms with Gasteiger partial charge in [0.05, 0.1) is 10.7 Å². The Morgan fingerprint density at radius 1 is 1.31 bits per heavy atom. The number of thiazole rings is 1. The third-order valence-corrected chi connectivity index (χ3v) is 4.84. The highest BCUT2D eigenvalue weighted by Crippen LogP contribution is 2.18. The lowest BCUT2D eigenvalue weighted by atomic mass is 10.2. The third kappa shape index (κ3) is 6.95. The Morgan fingerprint density at radius 3 is 2.73 bits per heavy atom. The van der Waals surface area contributed by atoms with Gasteiger partial charge in [0.15, 0.2) is 5.96 Å². The van der Waals surface area contributed by atoms with Crippen LogP contribution in [0.1, 0.15) is 21.1 Å². The van der Waals surface area contributed by atoms with Crippen LogP contribution in [0.3, 0.4) is 0 Å². The lowest BCUT2D eigenvalue weighted by Crippen LogP contribution is -2.37. The van der Waals surface area contributed by atoms with Gasteiger partial charge in [0.2, 0.25) is 0 Å². The first-order valence-electron chi connectivity index (χ1n) is 8.33. The Kier molecular flexibility index (Phi) is 10.3. The summed E-state index contributed by atoms with van der Waals surface area (Å²) in [5, 5.41) is 7.80. The van der Waals surface area contributed by atoms with Crippen LogP contribution in [0.2, 0.25) is 0 Å². The van der Waals surface area contributed by atoms with Gasteiger partial charge in [0.1, 0.15) is 12.4 Å². The number of benzene rings is 1. The highest BCUT2D eigenvalue weighted by atomic mass is 127. The lowest BCUT2D eigenvalue weighted by molar-refractivity contribution is 0.358. The van der Waals surface area contributed by atoms with Gasteiger partial charge < -0.3 is 15.4 Å². The van der Waals surface area contributed by atoms with Crippen molar-refractivity contribution >= 4 is 41.3 Å². The molecular weight excluding hydrogens is 459 g/mol. The van der Waals surface area contributed by atoms with E-state index in [-0.39, 0.29) is 24.0 Å². The predicted octanol–water partition coefficient (Wildman–Crippen LogP) is 3.85. The van der Waals surface area contributed by atoms with Crippen molar-refractivity contribution in [3.63, 3.8) is 0 Å². The second-order valence-corrected chi connectivity index (χ2v) is 6.85. The molecule has 1 aromatic carbocycles. The summed E-state index contributed by atoms with van der Waals surface area (Å²) in [5.74, 6) is 1.63. The van der Waals surface area contributed by atoms with Crippen LogP contribution in [0.4, 0.5) is 0 Å². The molecule has 2 N–H and O–H groups in total. The Balaban J connectivity index is 0.00000338. The molecule has 2 rings (SSSR count). The standard InChI is InChI=1S/C19H26N4OS.HI/c1-5-12-24-17-9-7-6-8-16(17)13-22-19(20-4)21-11-10-18-23-14(2)15(3)25-18;/h5-9H,1,10-13H2,2-4H3,(H2,20,21,22);1H. The van der Waals surface area contributed by atoms with Crippen molar-refractivity contribution in [3.05, 3.63) is 58.1 Å². The van der Waals surface area contributed by atoms with E-state index in [2.05, 4.69) is 41.0 Å². The van der Waals surface area contributed by atoms with Crippen molar-refractivity contribution in [2.24, 2.45) is 4.99 Å². The van der Waals surface area contributed by atoms with E-state index >= 15 is 0 Å². The van der Waals surface area contributed by atoms with E-state index in [4.69, 9.17) is 4.74 Å². The van der Waals surface area contributed by atoms with Gasteiger partial charge in [0, 0.05) is 37.0 Å². The first-order valence-corrected chi connectivity index (χ1v) is 9.14. The maximum absolute atomic E-state index is 5.68. The molecule has 0 amide bonds. The van der Waals surface area contributed by atoms with Gasteiger partial charge in [0.25, 0.3) is 0 Å².